The summed E-state index contributed by atoms with van der Waals surface area (Å²) < 4.78 is 28.7. The van der Waals surface area contributed by atoms with E-state index in [9.17, 15) is 18.0 Å². The molecule has 0 aliphatic heterocycles. The van der Waals surface area contributed by atoms with Crippen molar-refractivity contribution in [1.29, 1.82) is 0 Å². The lowest BCUT2D eigenvalue weighted by atomic mass is 10.1. The van der Waals surface area contributed by atoms with Crippen LogP contribution in [0.25, 0.3) is 0 Å². The molecule has 40 heavy (non-hydrogen) atoms. The predicted octanol–water partition coefficient (Wildman–Crippen LogP) is 6.48. The van der Waals surface area contributed by atoms with E-state index in [2.05, 4.69) is 5.32 Å². The summed E-state index contributed by atoms with van der Waals surface area (Å²) in [6.45, 7) is 6.61. The third-order valence-electron chi connectivity index (χ3n) is 6.23. The Bertz CT molecular complexity index is 1470. The topological polar surface area (TPSA) is 86.8 Å². The summed E-state index contributed by atoms with van der Waals surface area (Å²) >= 11 is 18.9. The summed E-state index contributed by atoms with van der Waals surface area (Å²) in [6.07, 6.45) is 0.289. The monoisotopic (exact) mass is 623 g/mol. The van der Waals surface area contributed by atoms with Gasteiger partial charge in [-0.3, -0.25) is 13.9 Å². The molecule has 214 valence electrons. The molecule has 0 aliphatic carbocycles. The molecule has 0 spiro atoms. The SMILES string of the molecule is CCC(C(=O)NC(C)C)N(Cc1ccc(Cl)cc1Cl)C(=O)CN(c1ccc(C)c(Cl)c1)S(=O)(=O)c1ccccc1. The number of rotatable bonds is 11. The van der Waals surface area contributed by atoms with Crippen LogP contribution in [0.15, 0.2) is 71.6 Å². The number of nitrogens with one attached hydrogen (secondary N) is 1. The molecule has 2 amide bonds. The molecular formula is C29H32Cl3N3O4S. The molecule has 3 rings (SSSR count). The van der Waals surface area contributed by atoms with Gasteiger partial charge in [-0.2, -0.15) is 0 Å². The van der Waals surface area contributed by atoms with E-state index in [1.165, 1.54) is 23.1 Å². The van der Waals surface area contributed by atoms with Gasteiger partial charge < -0.3 is 10.2 Å². The van der Waals surface area contributed by atoms with E-state index in [1.807, 2.05) is 13.8 Å². The molecule has 0 aromatic heterocycles. The van der Waals surface area contributed by atoms with Crippen LogP contribution in [-0.4, -0.2) is 43.8 Å². The molecular weight excluding hydrogens is 593 g/mol. The van der Waals surface area contributed by atoms with Gasteiger partial charge in [0.15, 0.2) is 0 Å². The average molecular weight is 625 g/mol. The first-order chi connectivity index (χ1) is 18.8. The van der Waals surface area contributed by atoms with Crippen molar-refractivity contribution in [3.63, 3.8) is 0 Å². The zero-order valence-electron chi connectivity index (χ0n) is 22.7. The van der Waals surface area contributed by atoms with Crippen LogP contribution in [0.5, 0.6) is 0 Å². The number of carbonyl (C=O) groups is 2. The highest BCUT2D eigenvalue weighted by Gasteiger charge is 2.34. The zero-order chi connectivity index (χ0) is 29.6. The summed E-state index contributed by atoms with van der Waals surface area (Å²) in [4.78, 5) is 28.6. The van der Waals surface area contributed by atoms with Gasteiger partial charge in [-0.1, -0.05) is 72.1 Å². The Balaban J connectivity index is 2.10. The van der Waals surface area contributed by atoms with Crippen LogP contribution >= 0.6 is 34.8 Å². The summed E-state index contributed by atoms with van der Waals surface area (Å²) in [5.41, 5.74) is 1.53. The second-order valence-corrected chi connectivity index (χ2v) is 12.7. The minimum absolute atomic E-state index is 0.0105. The second-order valence-electron chi connectivity index (χ2n) is 9.60. The molecule has 0 saturated heterocycles. The van der Waals surface area contributed by atoms with Crippen LogP contribution in [0.3, 0.4) is 0 Å². The first-order valence-corrected chi connectivity index (χ1v) is 15.3. The predicted molar refractivity (Wildman–Crippen MR) is 162 cm³/mol. The normalized spacial score (nSPS) is 12.2. The smallest absolute Gasteiger partial charge is 0.264 e. The Morgan fingerprint density at radius 3 is 2.17 bits per heavy atom. The van der Waals surface area contributed by atoms with Gasteiger partial charge in [0.05, 0.1) is 10.6 Å². The summed E-state index contributed by atoms with van der Waals surface area (Å²) in [6, 6.07) is 16.4. The maximum Gasteiger partial charge on any atom is 0.264 e. The Kier molecular flexibility index (Phi) is 10.9. The van der Waals surface area contributed by atoms with Crippen molar-refractivity contribution >= 4 is 62.3 Å². The highest BCUT2D eigenvalue weighted by molar-refractivity contribution is 7.92. The number of amides is 2. The van der Waals surface area contributed by atoms with E-state index in [1.54, 1.807) is 62.4 Å². The van der Waals surface area contributed by atoms with Crippen LogP contribution in [0.4, 0.5) is 5.69 Å². The van der Waals surface area contributed by atoms with Gasteiger partial charge in [0.25, 0.3) is 10.0 Å². The van der Waals surface area contributed by atoms with Crippen LogP contribution in [-0.2, 0) is 26.2 Å². The van der Waals surface area contributed by atoms with Crippen LogP contribution in [0.2, 0.25) is 15.1 Å². The molecule has 3 aromatic carbocycles. The maximum absolute atomic E-state index is 14.1. The van der Waals surface area contributed by atoms with E-state index in [-0.39, 0.29) is 35.5 Å². The summed E-state index contributed by atoms with van der Waals surface area (Å²) in [5.74, 6) is -0.945. The molecule has 0 fully saturated rings. The lowest BCUT2D eigenvalue weighted by Crippen LogP contribution is -2.53. The number of benzene rings is 3. The van der Waals surface area contributed by atoms with Gasteiger partial charge in [-0.25, -0.2) is 8.42 Å². The van der Waals surface area contributed by atoms with Crippen molar-refractivity contribution in [2.45, 2.75) is 57.6 Å². The molecule has 3 aromatic rings. The van der Waals surface area contributed by atoms with Crippen LogP contribution in [0, 0.1) is 6.92 Å². The minimum Gasteiger partial charge on any atom is -0.352 e. The van der Waals surface area contributed by atoms with Crippen molar-refractivity contribution < 1.29 is 18.0 Å². The third kappa shape index (κ3) is 7.69. The van der Waals surface area contributed by atoms with Crippen LogP contribution < -0.4 is 9.62 Å². The number of halogens is 3. The van der Waals surface area contributed by atoms with Crippen LogP contribution in [0.1, 0.15) is 38.3 Å². The number of hydrogen-bond donors (Lipinski definition) is 1. The number of anilines is 1. The number of carbonyl (C=O) groups excluding carboxylic acids is 2. The largest absolute Gasteiger partial charge is 0.352 e. The number of hydrogen-bond acceptors (Lipinski definition) is 4. The number of sulfonamides is 1. The van der Waals surface area contributed by atoms with E-state index in [4.69, 9.17) is 34.8 Å². The van der Waals surface area contributed by atoms with Crippen molar-refractivity contribution in [1.82, 2.24) is 10.2 Å². The zero-order valence-corrected chi connectivity index (χ0v) is 25.8. The molecule has 0 bridgehead atoms. The quantitative estimate of drug-likeness (QED) is 0.265. The summed E-state index contributed by atoms with van der Waals surface area (Å²) in [5, 5.41) is 3.96. The van der Waals surface area contributed by atoms with Gasteiger partial charge in [-0.15, -0.1) is 0 Å². The standard InChI is InChI=1S/C29H32Cl3N3O4S/c1-5-27(29(37)33-19(2)3)34(17-21-12-13-22(30)15-26(21)32)28(36)18-35(23-14-11-20(4)25(31)16-23)40(38,39)24-9-7-6-8-10-24/h6-16,19,27H,5,17-18H2,1-4H3,(H,33,37). The molecule has 0 heterocycles. The van der Waals surface area contributed by atoms with Crippen molar-refractivity contribution in [3.05, 3.63) is 92.9 Å². The van der Waals surface area contributed by atoms with Crippen molar-refractivity contribution in [2.24, 2.45) is 0 Å². The minimum atomic E-state index is -4.19. The van der Waals surface area contributed by atoms with E-state index < -0.39 is 28.5 Å². The fourth-order valence-corrected chi connectivity index (χ4v) is 6.19. The highest BCUT2D eigenvalue weighted by atomic mass is 35.5. The van der Waals surface area contributed by atoms with E-state index in [0.29, 0.717) is 20.6 Å². The van der Waals surface area contributed by atoms with Gasteiger partial charge in [0, 0.05) is 27.7 Å². The Morgan fingerprint density at radius 1 is 0.925 bits per heavy atom. The molecule has 0 saturated carbocycles. The highest BCUT2D eigenvalue weighted by Crippen LogP contribution is 2.29. The Morgan fingerprint density at radius 2 is 1.60 bits per heavy atom. The fourth-order valence-electron chi connectivity index (χ4n) is 4.12. The van der Waals surface area contributed by atoms with E-state index >= 15 is 0 Å². The molecule has 11 heteroatoms. The van der Waals surface area contributed by atoms with Crippen molar-refractivity contribution in [2.75, 3.05) is 10.8 Å². The lowest BCUT2D eigenvalue weighted by molar-refractivity contribution is -0.140. The molecule has 1 N–H and O–H groups in total. The van der Waals surface area contributed by atoms with Gasteiger partial charge in [0.1, 0.15) is 12.6 Å². The Labute approximate surface area is 251 Å². The maximum atomic E-state index is 14.1. The van der Waals surface area contributed by atoms with Gasteiger partial charge >= 0.3 is 0 Å². The Hall–Kier alpha value is -2.78. The summed E-state index contributed by atoms with van der Waals surface area (Å²) in [7, 11) is -4.19. The lowest BCUT2D eigenvalue weighted by Gasteiger charge is -2.33. The molecule has 7 nitrogen and oxygen atoms in total. The second kappa shape index (κ2) is 13.7. The average Bonchev–Trinajstić information content (AvgIpc) is 2.90. The van der Waals surface area contributed by atoms with E-state index in [0.717, 1.165) is 9.87 Å². The molecule has 1 unspecified atom stereocenters. The molecule has 1 atom stereocenters. The van der Waals surface area contributed by atoms with Gasteiger partial charge in [-0.05, 0) is 74.7 Å². The van der Waals surface area contributed by atoms with Gasteiger partial charge in [0.2, 0.25) is 11.8 Å². The first-order valence-electron chi connectivity index (χ1n) is 12.7. The molecule has 0 aliphatic rings. The molecule has 0 radical (unpaired) electrons. The fraction of sp³-hybridized carbons (Fsp3) is 0.310. The first kappa shape index (κ1) is 31.7. The number of aryl methyl sites for hydroxylation is 1. The number of nitrogens with zero attached hydrogens (tertiary/aromatic N) is 2. The van der Waals surface area contributed by atoms with Crippen molar-refractivity contribution in [3.8, 4) is 0 Å². The third-order valence-corrected chi connectivity index (χ3v) is 9.01.